The van der Waals surface area contributed by atoms with Gasteiger partial charge < -0.3 is 9.84 Å². The average molecular weight is 310 g/mol. The van der Waals surface area contributed by atoms with Crippen LogP contribution in [-0.2, 0) is 21.7 Å². The lowest BCUT2D eigenvalue weighted by Crippen LogP contribution is -2.44. The molecule has 1 aliphatic rings. The molecule has 1 fully saturated rings. The third-order valence-corrected chi connectivity index (χ3v) is 4.76. The van der Waals surface area contributed by atoms with Crippen molar-refractivity contribution in [2.45, 2.75) is 37.9 Å². The van der Waals surface area contributed by atoms with E-state index < -0.39 is 11.6 Å². The van der Waals surface area contributed by atoms with Gasteiger partial charge in [-0.1, -0.05) is 73.5 Å². The molecule has 23 heavy (non-hydrogen) atoms. The van der Waals surface area contributed by atoms with Gasteiger partial charge in [0.2, 0.25) is 0 Å². The molecule has 0 radical (unpaired) electrons. The fourth-order valence-electron chi connectivity index (χ4n) is 3.59. The highest BCUT2D eigenvalue weighted by Gasteiger charge is 2.49. The van der Waals surface area contributed by atoms with Gasteiger partial charge in [0.15, 0.2) is 5.60 Å². The van der Waals surface area contributed by atoms with Crippen LogP contribution in [0.5, 0.6) is 0 Å². The minimum atomic E-state index is -1.26. The van der Waals surface area contributed by atoms with Gasteiger partial charge in [-0.25, -0.2) is 4.79 Å². The highest BCUT2D eigenvalue weighted by atomic mass is 16.5. The van der Waals surface area contributed by atoms with Crippen LogP contribution in [0.15, 0.2) is 60.7 Å². The Hall–Kier alpha value is -2.13. The van der Waals surface area contributed by atoms with Crippen molar-refractivity contribution in [2.24, 2.45) is 5.92 Å². The molecule has 0 spiro atoms. The van der Waals surface area contributed by atoms with Crippen molar-refractivity contribution in [1.82, 2.24) is 0 Å². The van der Waals surface area contributed by atoms with Gasteiger partial charge in [-0.05, 0) is 24.0 Å². The Balaban J connectivity index is 1.96. The van der Waals surface area contributed by atoms with E-state index in [1.54, 1.807) is 0 Å². The predicted octanol–water partition coefficient (Wildman–Crippen LogP) is 4.37. The number of aliphatic carboxylic acids is 1. The third-order valence-electron chi connectivity index (χ3n) is 4.76. The van der Waals surface area contributed by atoms with Crippen molar-refractivity contribution in [2.75, 3.05) is 0 Å². The number of benzene rings is 2. The molecule has 0 amide bonds. The summed E-state index contributed by atoms with van der Waals surface area (Å²) in [5.74, 6) is -0.863. The van der Waals surface area contributed by atoms with Crippen LogP contribution in [0.2, 0.25) is 0 Å². The molecule has 120 valence electrons. The molecular formula is C20H22O3. The summed E-state index contributed by atoms with van der Waals surface area (Å²) in [4.78, 5) is 12.3. The summed E-state index contributed by atoms with van der Waals surface area (Å²) in [7, 11) is 0. The predicted molar refractivity (Wildman–Crippen MR) is 88.9 cm³/mol. The maximum atomic E-state index is 12.3. The largest absolute Gasteiger partial charge is 0.479 e. The zero-order valence-corrected chi connectivity index (χ0v) is 13.2. The molecule has 1 unspecified atom stereocenters. The van der Waals surface area contributed by atoms with E-state index in [1.807, 2.05) is 60.7 Å². The minimum absolute atomic E-state index is 0.0195. The Kier molecular flexibility index (Phi) is 4.77. The van der Waals surface area contributed by atoms with Crippen molar-refractivity contribution in [1.29, 1.82) is 0 Å². The van der Waals surface area contributed by atoms with Crippen LogP contribution in [0.4, 0.5) is 0 Å². The minimum Gasteiger partial charge on any atom is -0.479 e. The fourth-order valence-corrected chi connectivity index (χ4v) is 3.59. The lowest BCUT2D eigenvalue weighted by Gasteiger charge is -2.35. The molecular weight excluding hydrogens is 288 g/mol. The molecule has 3 rings (SSSR count). The first-order valence-electron chi connectivity index (χ1n) is 8.20. The SMILES string of the molecule is O=C(O)C(OCc1ccccc1)(c1ccccc1)C1CCCC1. The van der Waals surface area contributed by atoms with Crippen molar-refractivity contribution >= 4 is 5.97 Å². The van der Waals surface area contributed by atoms with E-state index in [0.717, 1.165) is 36.8 Å². The maximum absolute atomic E-state index is 12.3. The topological polar surface area (TPSA) is 46.5 Å². The van der Waals surface area contributed by atoms with Gasteiger partial charge in [0.25, 0.3) is 0 Å². The molecule has 3 heteroatoms. The standard InChI is InChI=1S/C20H22O3/c21-19(22)20(18-13-7-8-14-18,17-11-5-2-6-12-17)23-15-16-9-3-1-4-10-16/h1-6,9-12,18H,7-8,13-15H2,(H,21,22). The quantitative estimate of drug-likeness (QED) is 0.861. The summed E-state index contributed by atoms with van der Waals surface area (Å²) in [6.45, 7) is 0.304. The Morgan fingerprint density at radius 1 is 1.00 bits per heavy atom. The third kappa shape index (κ3) is 3.15. The molecule has 1 saturated carbocycles. The number of hydrogen-bond acceptors (Lipinski definition) is 2. The summed E-state index contributed by atoms with van der Waals surface area (Å²) in [5, 5.41) is 10.1. The van der Waals surface area contributed by atoms with E-state index in [2.05, 4.69) is 0 Å². The van der Waals surface area contributed by atoms with Crippen LogP contribution >= 0.6 is 0 Å². The van der Waals surface area contributed by atoms with Crippen molar-refractivity contribution < 1.29 is 14.6 Å². The Labute approximate surface area is 136 Å². The van der Waals surface area contributed by atoms with E-state index in [1.165, 1.54) is 0 Å². The highest BCUT2D eigenvalue weighted by molar-refractivity contribution is 5.80. The van der Waals surface area contributed by atoms with Gasteiger partial charge in [0.05, 0.1) is 6.61 Å². The fraction of sp³-hybridized carbons (Fsp3) is 0.350. The lowest BCUT2D eigenvalue weighted by atomic mass is 9.79. The Morgan fingerprint density at radius 2 is 1.57 bits per heavy atom. The van der Waals surface area contributed by atoms with Crippen molar-refractivity contribution in [3.8, 4) is 0 Å². The first-order chi connectivity index (χ1) is 11.2. The first kappa shape index (κ1) is 15.8. The van der Waals surface area contributed by atoms with E-state index in [9.17, 15) is 9.90 Å². The van der Waals surface area contributed by atoms with Gasteiger partial charge in [-0.15, -0.1) is 0 Å². The van der Waals surface area contributed by atoms with Crippen LogP contribution < -0.4 is 0 Å². The second-order valence-corrected chi connectivity index (χ2v) is 6.16. The van der Waals surface area contributed by atoms with Gasteiger partial charge in [-0.3, -0.25) is 0 Å². The van der Waals surface area contributed by atoms with E-state index in [4.69, 9.17) is 4.74 Å². The zero-order chi connectivity index (χ0) is 16.1. The molecule has 0 aromatic heterocycles. The normalized spacial score (nSPS) is 17.7. The van der Waals surface area contributed by atoms with E-state index >= 15 is 0 Å². The van der Waals surface area contributed by atoms with E-state index in [-0.39, 0.29) is 5.92 Å². The Morgan fingerprint density at radius 3 is 2.13 bits per heavy atom. The van der Waals surface area contributed by atoms with Crippen LogP contribution in [0.1, 0.15) is 36.8 Å². The van der Waals surface area contributed by atoms with Crippen LogP contribution in [0, 0.1) is 5.92 Å². The lowest BCUT2D eigenvalue weighted by molar-refractivity contribution is -0.180. The number of ether oxygens (including phenoxy) is 1. The van der Waals surface area contributed by atoms with E-state index in [0.29, 0.717) is 6.61 Å². The highest BCUT2D eigenvalue weighted by Crippen LogP contribution is 2.44. The second kappa shape index (κ2) is 6.97. The van der Waals surface area contributed by atoms with Crippen molar-refractivity contribution in [3.05, 3.63) is 71.8 Å². The van der Waals surface area contributed by atoms with Crippen LogP contribution in [0.25, 0.3) is 0 Å². The summed E-state index contributed by atoms with van der Waals surface area (Å²) in [6.07, 6.45) is 3.94. The molecule has 0 saturated heterocycles. The molecule has 2 aromatic carbocycles. The summed E-state index contributed by atoms with van der Waals surface area (Å²) in [5.41, 5.74) is 0.482. The second-order valence-electron chi connectivity index (χ2n) is 6.16. The van der Waals surface area contributed by atoms with Gasteiger partial charge >= 0.3 is 5.97 Å². The molecule has 0 aliphatic heterocycles. The van der Waals surface area contributed by atoms with Crippen LogP contribution in [-0.4, -0.2) is 11.1 Å². The number of carboxylic acids is 1. The number of carboxylic acid groups (broad SMARTS) is 1. The van der Waals surface area contributed by atoms with Crippen molar-refractivity contribution in [3.63, 3.8) is 0 Å². The first-order valence-corrected chi connectivity index (χ1v) is 8.20. The van der Waals surface area contributed by atoms with Crippen LogP contribution in [0.3, 0.4) is 0 Å². The Bertz CT molecular complexity index is 632. The molecule has 0 heterocycles. The van der Waals surface area contributed by atoms with Gasteiger partial charge in [0.1, 0.15) is 0 Å². The molecule has 1 aliphatic carbocycles. The molecule has 1 N–H and O–H groups in total. The maximum Gasteiger partial charge on any atom is 0.340 e. The average Bonchev–Trinajstić information content (AvgIpc) is 3.12. The molecule has 2 aromatic rings. The van der Waals surface area contributed by atoms with Gasteiger partial charge in [0, 0.05) is 5.92 Å². The summed E-state index contributed by atoms with van der Waals surface area (Å²) < 4.78 is 6.15. The monoisotopic (exact) mass is 310 g/mol. The summed E-state index contributed by atoms with van der Waals surface area (Å²) >= 11 is 0. The molecule has 1 atom stereocenters. The number of rotatable bonds is 6. The summed E-state index contributed by atoms with van der Waals surface area (Å²) in [6, 6.07) is 19.2. The molecule has 3 nitrogen and oxygen atoms in total. The molecule has 0 bridgehead atoms. The zero-order valence-electron chi connectivity index (χ0n) is 13.2. The van der Waals surface area contributed by atoms with Gasteiger partial charge in [-0.2, -0.15) is 0 Å². The number of hydrogen-bond donors (Lipinski definition) is 1. The number of carbonyl (C=O) groups is 1. The smallest absolute Gasteiger partial charge is 0.340 e.